The zero-order valence-corrected chi connectivity index (χ0v) is 15.2. The molecule has 6 nitrogen and oxygen atoms in total. The lowest BCUT2D eigenvalue weighted by Gasteiger charge is -2.09. The van der Waals surface area contributed by atoms with Gasteiger partial charge in [-0.25, -0.2) is 9.59 Å². The summed E-state index contributed by atoms with van der Waals surface area (Å²) in [6.07, 6.45) is -10.3. The van der Waals surface area contributed by atoms with Gasteiger partial charge in [0.1, 0.15) is 17.1 Å². The highest BCUT2D eigenvalue weighted by Crippen LogP contribution is 2.41. The van der Waals surface area contributed by atoms with E-state index >= 15 is 0 Å². The maximum atomic E-state index is 13.2. The molecule has 0 fully saturated rings. The van der Waals surface area contributed by atoms with Crippen LogP contribution >= 0.6 is 0 Å². The van der Waals surface area contributed by atoms with Crippen molar-refractivity contribution in [1.82, 2.24) is 9.97 Å². The van der Waals surface area contributed by atoms with Crippen molar-refractivity contribution in [2.75, 3.05) is 13.2 Å². The minimum Gasteiger partial charge on any atom is -0.461 e. The van der Waals surface area contributed by atoms with Crippen molar-refractivity contribution in [3.8, 4) is 0 Å². The largest absolute Gasteiger partial charge is 0.461 e. The molecule has 0 aliphatic heterocycles. The van der Waals surface area contributed by atoms with E-state index in [1.165, 1.54) is 17.1 Å². The number of hydrogen-bond donors (Lipinski definition) is 2. The summed E-state index contributed by atoms with van der Waals surface area (Å²) in [6, 6.07) is 2.88. The third kappa shape index (κ3) is 5.12. The van der Waals surface area contributed by atoms with Crippen LogP contribution in [0.3, 0.4) is 0 Å². The SMILES string of the molecule is CCOC(=O)c1ccc(CCOC(=O)c2[nH]c(C(F)(F)F)c(C)c2C(F)(F)F)[nH]1. The summed E-state index contributed by atoms with van der Waals surface area (Å²) in [5.74, 6) is -2.19. The number of carbonyl (C=O) groups is 2. The first-order valence-corrected chi connectivity index (χ1v) is 8.25. The van der Waals surface area contributed by atoms with Gasteiger partial charge in [0.25, 0.3) is 0 Å². The van der Waals surface area contributed by atoms with E-state index in [1.54, 1.807) is 6.92 Å². The highest BCUT2D eigenvalue weighted by atomic mass is 19.4. The van der Waals surface area contributed by atoms with Gasteiger partial charge in [0, 0.05) is 12.1 Å². The zero-order chi connectivity index (χ0) is 22.0. The number of ether oxygens (including phenoxy) is 2. The number of rotatable bonds is 6. The van der Waals surface area contributed by atoms with Gasteiger partial charge in [-0.15, -0.1) is 0 Å². The van der Waals surface area contributed by atoms with Crippen LogP contribution in [0.5, 0.6) is 0 Å². The molecule has 0 saturated carbocycles. The monoisotopic (exact) mass is 426 g/mol. The second-order valence-corrected chi connectivity index (χ2v) is 5.87. The van der Waals surface area contributed by atoms with Gasteiger partial charge in [-0.3, -0.25) is 0 Å². The molecule has 0 unspecified atom stereocenters. The fourth-order valence-electron chi connectivity index (χ4n) is 2.62. The molecule has 0 saturated heterocycles. The standard InChI is InChI=1S/C17H16F6N2O4/c1-3-28-14(26)10-5-4-9(24-10)6-7-29-15(27)12-11(16(18,19)20)8(2)13(25-12)17(21,22)23/h4-5,24-25H,3,6-7H2,1-2H3. The Morgan fingerprint density at radius 2 is 1.62 bits per heavy atom. The molecule has 2 N–H and O–H groups in total. The highest BCUT2D eigenvalue weighted by Gasteiger charge is 2.45. The van der Waals surface area contributed by atoms with Crippen molar-refractivity contribution in [2.45, 2.75) is 32.6 Å². The molecule has 12 heteroatoms. The Labute approximate surface area is 160 Å². The van der Waals surface area contributed by atoms with Crippen LogP contribution in [0.25, 0.3) is 0 Å². The molecule has 0 aliphatic carbocycles. The highest BCUT2D eigenvalue weighted by molar-refractivity contribution is 5.90. The Bertz CT molecular complexity index is 895. The number of aromatic nitrogens is 2. The van der Waals surface area contributed by atoms with Crippen LogP contribution in [0.15, 0.2) is 12.1 Å². The minimum absolute atomic E-state index is 0.0156. The van der Waals surface area contributed by atoms with Crippen LogP contribution in [0, 0.1) is 6.92 Å². The number of carbonyl (C=O) groups excluding carboxylic acids is 2. The third-order valence-corrected chi connectivity index (χ3v) is 3.87. The van der Waals surface area contributed by atoms with Crippen molar-refractivity contribution in [2.24, 2.45) is 0 Å². The normalized spacial score (nSPS) is 12.1. The van der Waals surface area contributed by atoms with Crippen molar-refractivity contribution >= 4 is 11.9 Å². The van der Waals surface area contributed by atoms with Gasteiger partial charge in [0.2, 0.25) is 0 Å². The molecule has 0 atom stereocenters. The summed E-state index contributed by atoms with van der Waals surface area (Å²) in [7, 11) is 0. The fourth-order valence-corrected chi connectivity index (χ4v) is 2.62. The van der Waals surface area contributed by atoms with Crippen molar-refractivity contribution in [3.63, 3.8) is 0 Å². The number of halogens is 6. The first-order valence-electron chi connectivity index (χ1n) is 8.25. The summed E-state index contributed by atoms with van der Waals surface area (Å²) < 4.78 is 87.6. The molecule has 0 radical (unpaired) electrons. The Kier molecular flexibility index (Phi) is 6.34. The van der Waals surface area contributed by atoms with Gasteiger partial charge in [0.15, 0.2) is 0 Å². The second kappa shape index (κ2) is 8.21. The number of alkyl halides is 6. The lowest BCUT2D eigenvalue weighted by Crippen LogP contribution is -2.16. The molecular formula is C17H16F6N2O4. The van der Waals surface area contributed by atoms with Crippen LogP contribution in [0.4, 0.5) is 26.3 Å². The molecule has 160 valence electrons. The minimum atomic E-state index is -5.19. The summed E-state index contributed by atoms with van der Waals surface area (Å²) in [4.78, 5) is 27.7. The predicted octanol–water partition coefficient (Wildman–Crippen LogP) is 4.27. The first kappa shape index (κ1) is 22.4. The Balaban J connectivity index is 2.12. The fraction of sp³-hybridized carbons (Fsp3) is 0.412. The maximum absolute atomic E-state index is 13.2. The molecule has 0 aromatic carbocycles. The predicted molar refractivity (Wildman–Crippen MR) is 86.3 cm³/mol. The number of H-pyrrole nitrogens is 2. The first-order chi connectivity index (χ1) is 13.4. The van der Waals surface area contributed by atoms with Gasteiger partial charge in [-0.05, 0) is 31.5 Å². The Morgan fingerprint density at radius 3 is 2.17 bits per heavy atom. The molecular weight excluding hydrogens is 410 g/mol. The van der Waals surface area contributed by atoms with Crippen molar-refractivity contribution < 1.29 is 45.4 Å². The van der Waals surface area contributed by atoms with Gasteiger partial charge < -0.3 is 19.4 Å². The molecule has 0 amide bonds. The Morgan fingerprint density at radius 1 is 0.966 bits per heavy atom. The molecule has 0 bridgehead atoms. The average Bonchev–Trinajstić information content (AvgIpc) is 3.18. The number of nitrogens with one attached hydrogen (secondary N) is 2. The van der Waals surface area contributed by atoms with E-state index in [2.05, 4.69) is 4.98 Å². The van der Waals surface area contributed by atoms with E-state index in [0.29, 0.717) is 12.6 Å². The molecule has 0 spiro atoms. The molecule has 0 aliphatic rings. The summed E-state index contributed by atoms with van der Waals surface area (Å²) in [5.41, 5.74) is -5.31. The second-order valence-electron chi connectivity index (χ2n) is 5.87. The van der Waals surface area contributed by atoms with E-state index in [0.717, 1.165) is 0 Å². The zero-order valence-electron chi connectivity index (χ0n) is 15.2. The van der Waals surface area contributed by atoms with Crippen LogP contribution in [0.2, 0.25) is 0 Å². The topological polar surface area (TPSA) is 84.2 Å². The van der Waals surface area contributed by atoms with Gasteiger partial charge in [-0.1, -0.05) is 0 Å². The van der Waals surface area contributed by atoms with E-state index in [9.17, 15) is 35.9 Å². The van der Waals surface area contributed by atoms with Crippen molar-refractivity contribution in [1.29, 1.82) is 0 Å². The average molecular weight is 426 g/mol. The molecule has 2 heterocycles. The summed E-state index contributed by atoms with van der Waals surface area (Å²) in [5, 5.41) is 0. The van der Waals surface area contributed by atoms with Crippen molar-refractivity contribution in [3.05, 3.63) is 46.0 Å². The van der Waals surface area contributed by atoms with Gasteiger partial charge >= 0.3 is 24.3 Å². The van der Waals surface area contributed by atoms with E-state index in [1.807, 2.05) is 0 Å². The van der Waals surface area contributed by atoms with Gasteiger partial charge in [0.05, 0.1) is 18.8 Å². The van der Waals surface area contributed by atoms with Crippen LogP contribution < -0.4 is 0 Å². The summed E-state index contributed by atoms with van der Waals surface area (Å²) in [6.45, 7) is 1.96. The number of aromatic amines is 2. The van der Waals surface area contributed by atoms with Crippen LogP contribution in [-0.4, -0.2) is 35.1 Å². The number of hydrogen-bond acceptors (Lipinski definition) is 4. The van der Waals surface area contributed by atoms with E-state index in [4.69, 9.17) is 9.47 Å². The third-order valence-electron chi connectivity index (χ3n) is 3.87. The quantitative estimate of drug-likeness (QED) is 0.534. The summed E-state index contributed by atoms with van der Waals surface area (Å²) >= 11 is 0. The van der Waals surface area contributed by atoms with E-state index in [-0.39, 0.29) is 18.7 Å². The van der Waals surface area contributed by atoms with E-state index < -0.39 is 53.4 Å². The molecule has 2 aromatic rings. The lowest BCUT2D eigenvalue weighted by molar-refractivity contribution is -0.143. The van der Waals surface area contributed by atoms with Crippen LogP contribution in [-0.2, 0) is 28.2 Å². The van der Waals surface area contributed by atoms with Gasteiger partial charge in [-0.2, -0.15) is 26.3 Å². The number of esters is 2. The maximum Gasteiger partial charge on any atom is 0.431 e. The molecule has 2 aromatic heterocycles. The molecule has 29 heavy (non-hydrogen) atoms. The smallest absolute Gasteiger partial charge is 0.431 e. The molecule has 2 rings (SSSR count). The lowest BCUT2D eigenvalue weighted by atomic mass is 10.1. The van der Waals surface area contributed by atoms with Crippen LogP contribution in [0.1, 0.15) is 50.4 Å². The Hall–Kier alpha value is -2.92.